The molecule has 0 atom stereocenters. The van der Waals surface area contributed by atoms with E-state index in [0.29, 0.717) is 0 Å². The van der Waals surface area contributed by atoms with Crippen LogP contribution in [0.15, 0.2) is 40.6 Å². The Hall–Kier alpha value is -1.86. The van der Waals surface area contributed by atoms with Crippen molar-refractivity contribution in [3.8, 4) is 0 Å². The SMILES string of the molecule is Cc1ccc(S(=O)(=O)N(C)c2ccccc2C(N)=O)s1. The molecule has 2 rings (SSSR count). The van der Waals surface area contributed by atoms with E-state index in [1.54, 1.807) is 30.3 Å². The minimum atomic E-state index is -3.68. The number of nitrogens with two attached hydrogens (primary N) is 1. The van der Waals surface area contributed by atoms with Gasteiger partial charge in [-0.3, -0.25) is 9.10 Å². The summed E-state index contributed by atoms with van der Waals surface area (Å²) >= 11 is 1.19. The van der Waals surface area contributed by atoms with Gasteiger partial charge in [0.1, 0.15) is 4.21 Å². The van der Waals surface area contributed by atoms with Gasteiger partial charge in [0.15, 0.2) is 0 Å². The predicted molar refractivity (Wildman–Crippen MR) is 79.6 cm³/mol. The number of nitrogens with zero attached hydrogens (tertiary/aromatic N) is 1. The number of sulfonamides is 1. The highest BCUT2D eigenvalue weighted by atomic mass is 32.2. The molecule has 2 aromatic rings. The quantitative estimate of drug-likeness (QED) is 0.937. The fourth-order valence-electron chi connectivity index (χ4n) is 1.77. The Morgan fingerprint density at radius 1 is 1.20 bits per heavy atom. The summed E-state index contributed by atoms with van der Waals surface area (Å²) in [6.07, 6.45) is 0. The van der Waals surface area contributed by atoms with Crippen molar-refractivity contribution >= 4 is 33.0 Å². The minimum Gasteiger partial charge on any atom is -0.366 e. The van der Waals surface area contributed by atoms with Gasteiger partial charge in [-0.25, -0.2) is 8.42 Å². The van der Waals surface area contributed by atoms with Crippen LogP contribution >= 0.6 is 11.3 Å². The molecular formula is C13H14N2O3S2. The molecule has 0 radical (unpaired) electrons. The average Bonchev–Trinajstić information content (AvgIpc) is 2.85. The lowest BCUT2D eigenvalue weighted by Gasteiger charge is -2.20. The molecule has 0 aliphatic carbocycles. The zero-order valence-electron chi connectivity index (χ0n) is 11.0. The van der Waals surface area contributed by atoms with Crippen molar-refractivity contribution in [3.63, 3.8) is 0 Å². The van der Waals surface area contributed by atoms with Crippen LogP contribution in [0.3, 0.4) is 0 Å². The van der Waals surface area contributed by atoms with Gasteiger partial charge in [-0.15, -0.1) is 11.3 Å². The number of carbonyl (C=O) groups excluding carboxylic acids is 1. The molecule has 0 saturated heterocycles. The van der Waals surface area contributed by atoms with Gasteiger partial charge < -0.3 is 5.73 Å². The second kappa shape index (κ2) is 5.26. The van der Waals surface area contributed by atoms with Crippen molar-refractivity contribution in [2.45, 2.75) is 11.1 Å². The molecule has 106 valence electrons. The lowest BCUT2D eigenvalue weighted by atomic mass is 10.2. The fraction of sp³-hybridized carbons (Fsp3) is 0.154. The van der Waals surface area contributed by atoms with E-state index in [1.807, 2.05) is 6.92 Å². The van der Waals surface area contributed by atoms with Crippen LogP contribution in [0.1, 0.15) is 15.2 Å². The number of anilines is 1. The van der Waals surface area contributed by atoms with Crippen LogP contribution in [-0.4, -0.2) is 21.4 Å². The second-order valence-corrected chi connectivity index (χ2v) is 7.70. The highest BCUT2D eigenvalue weighted by Crippen LogP contribution is 2.29. The number of primary amides is 1. The van der Waals surface area contributed by atoms with Gasteiger partial charge in [0.05, 0.1) is 11.3 Å². The van der Waals surface area contributed by atoms with Crippen LogP contribution < -0.4 is 10.0 Å². The van der Waals surface area contributed by atoms with E-state index in [4.69, 9.17) is 5.73 Å². The Morgan fingerprint density at radius 2 is 1.85 bits per heavy atom. The Morgan fingerprint density at radius 3 is 2.40 bits per heavy atom. The van der Waals surface area contributed by atoms with E-state index in [1.165, 1.54) is 24.5 Å². The van der Waals surface area contributed by atoms with E-state index in [9.17, 15) is 13.2 Å². The molecule has 7 heteroatoms. The summed E-state index contributed by atoms with van der Waals surface area (Å²) in [4.78, 5) is 12.3. The molecule has 2 N–H and O–H groups in total. The zero-order valence-corrected chi connectivity index (χ0v) is 12.7. The number of para-hydroxylation sites is 1. The fourth-order valence-corrected chi connectivity index (χ4v) is 4.44. The van der Waals surface area contributed by atoms with Gasteiger partial charge in [0.2, 0.25) is 0 Å². The van der Waals surface area contributed by atoms with E-state index >= 15 is 0 Å². The lowest BCUT2D eigenvalue weighted by molar-refractivity contribution is 0.100. The number of thiophene rings is 1. The van der Waals surface area contributed by atoms with Crippen LogP contribution in [0, 0.1) is 6.92 Å². The van der Waals surface area contributed by atoms with Crippen molar-refractivity contribution in [2.75, 3.05) is 11.4 Å². The normalized spacial score (nSPS) is 11.3. The lowest BCUT2D eigenvalue weighted by Crippen LogP contribution is -2.28. The predicted octanol–water partition coefficient (Wildman–Crippen LogP) is 1.98. The molecular weight excluding hydrogens is 296 g/mol. The van der Waals surface area contributed by atoms with Gasteiger partial charge >= 0.3 is 0 Å². The Balaban J connectivity index is 2.51. The smallest absolute Gasteiger partial charge is 0.273 e. The molecule has 1 aromatic heterocycles. The number of carbonyl (C=O) groups is 1. The third-order valence-electron chi connectivity index (χ3n) is 2.84. The number of rotatable bonds is 4. The first-order valence-corrected chi connectivity index (χ1v) is 8.04. The summed E-state index contributed by atoms with van der Waals surface area (Å²) in [6.45, 7) is 1.83. The number of hydrogen-bond acceptors (Lipinski definition) is 4. The van der Waals surface area contributed by atoms with Crippen molar-refractivity contribution in [3.05, 3.63) is 46.8 Å². The first-order chi connectivity index (χ1) is 9.34. The molecule has 1 aromatic carbocycles. The topological polar surface area (TPSA) is 80.5 Å². The molecule has 0 unspecified atom stereocenters. The molecule has 0 aliphatic rings. The molecule has 0 aliphatic heterocycles. The van der Waals surface area contributed by atoms with E-state index in [2.05, 4.69) is 0 Å². The maximum absolute atomic E-state index is 12.5. The summed E-state index contributed by atoms with van der Waals surface area (Å²) in [5, 5.41) is 0. The number of aryl methyl sites for hydroxylation is 1. The van der Waals surface area contributed by atoms with Crippen LogP contribution in [-0.2, 0) is 10.0 Å². The van der Waals surface area contributed by atoms with E-state index in [-0.39, 0.29) is 15.5 Å². The van der Waals surface area contributed by atoms with Crippen molar-refractivity contribution in [1.29, 1.82) is 0 Å². The molecule has 1 heterocycles. The number of amides is 1. The average molecular weight is 310 g/mol. The maximum atomic E-state index is 12.5. The Kier molecular flexibility index (Phi) is 3.82. The van der Waals surface area contributed by atoms with E-state index in [0.717, 1.165) is 9.18 Å². The Labute approximate surface area is 121 Å². The van der Waals surface area contributed by atoms with Crippen molar-refractivity contribution in [2.24, 2.45) is 5.73 Å². The van der Waals surface area contributed by atoms with Crippen molar-refractivity contribution in [1.82, 2.24) is 0 Å². The molecule has 1 amide bonds. The monoisotopic (exact) mass is 310 g/mol. The van der Waals surface area contributed by atoms with Gasteiger partial charge in [-0.05, 0) is 31.2 Å². The molecule has 5 nitrogen and oxygen atoms in total. The van der Waals surface area contributed by atoms with E-state index < -0.39 is 15.9 Å². The van der Waals surface area contributed by atoms with Crippen LogP contribution in [0.4, 0.5) is 5.69 Å². The summed E-state index contributed by atoms with van der Waals surface area (Å²) in [5.41, 5.74) is 5.72. The van der Waals surface area contributed by atoms with Gasteiger partial charge in [-0.1, -0.05) is 12.1 Å². The van der Waals surface area contributed by atoms with Crippen LogP contribution in [0.2, 0.25) is 0 Å². The van der Waals surface area contributed by atoms with Crippen LogP contribution in [0.25, 0.3) is 0 Å². The summed E-state index contributed by atoms with van der Waals surface area (Å²) < 4.78 is 26.3. The first kappa shape index (κ1) is 14.5. The third-order valence-corrected chi connectivity index (χ3v) is 6.08. The highest BCUT2D eigenvalue weighted by molar-refractivity contribution is 7.94. The summed E-state index contributed by atoms with van der Waals surface area (Å²) in [6, 6.07) is 9.65. The molecule has 0 fully saturated rings. The van der Waals surface area contributed by atoms with Gasteiger partial charge in [0, 0.05) is 11.9 Å². The van der Waals surface area contributed by atoms with Gasteiger partial charge in [-0.2, -0.15) is 0 Å². The van der Waals surface area contributed by atoms with Crippen LogP contribution in [0.5, 0.6) is 0 Å². The largest absolute Gasteiger partial charge is 0.366 e. The van der Waals surface area contributed by atoms with Gasteiger partial charge in [0.25, 0.3) is 15.9 Å². The second-order valence-electron chi connectivity index (χ2n) is 4.22. The molecule has 0 saturated carbocycles. The zero-order chi connectivity index (χ0) is 14.9. The molecule has 0 bridgehead atoms. The first-order valence-electron chi connectivity index (χ1n) is 5.78. The maximum Gasteiger partial charge on any atom is 0.273 e. The number of hydrogen-bond donors (Lipinski definition) is 1. The molecule has 20 heavy (non-hydrogen) atoms. The molecule has 0 spiro atoms. The highest BCUT2D eigenvalue weighted by Gasteiger charge is 2.25. The summed E-state index contributed by atoms with van der Waals surface area (Å²) in [5.74, 6) is -0.662. The third kappa shape index (κ3) is 2.54. The summed E-state index contributed by atoms with van der Waals surface area (Å²) in [7, 11) is -2.27. The number of benzene rings is 1. The van der Waals surface area contributed by atoms with Crippen molar-refractivity contribution < 1.29 is 13.2 Å². The Bertz CT molecular complexity index is 750. The minimum absolute atomic E-state index is 0.173. The standard InChI is InChI=1S/C13H14N2O3S2/c1-9-7-8-12(19-9)20(17,18)15(2)11-6-4-3-5-10(11)13(14)16/h3-8H,1-2H3,(H2,14,16).